The molecule has 0 unspecified atom stereocenters. The molecule has 11 heavy (non-hydrogen) atoms. The Kier molecular flexibility index (Phi) is 5.45. The van der Waals surface area contributed by atoms with Crippen molar-refractivity contribution in [3.63, 3.8) is 0 Å². The van der Waals surface area contributed by atoms with Crippen LogP contribution in [0.5, 0.6) is 0 Å². The van der Waals surface area contributed by atoms with E-state index in [2.05, 4.69) is 0 Å². The molecule has 5 heteroatoms. The molecule has 64 valence electrons. The van der Waals surface area contributed by atoms with Crippen LogP contribution in [0.25, 0.3) is 0 Å². The molecule has 2 N–H and O–H groups in total. The summed E-state index contributed by atoms with van der Waals surface area (Å²) in [6.45, 7) is 0. The Hall–Kier alpha value is -0.843. The minimum atomic E-state index is -0.784. The third-order valence-corrected chi connectivity index (χ3v) is 2.99. The van der Waals surface area contributed by atoms with Crippen LogP contribution in [0.2, 0.25) is 12.1 Å². The zero-order valence-electron chi connectivity index (χ0n) is 6.25. The fraction of sp³-hybridized carbons (Fsp3) is 0.667. The third-order valence-electron chi connectivity index (χ3n) is 1.28. The van der Waals surface area contributed by atoms with Gasteiger partial charge in [0, 0.05) is 22.4 Å². The number of rotatable bonds is 6. The highest BCUT2D eigenvalue weighted by atomic mass is 28.2. The molecule has 0 aromatic rings. The van der Waals surface area contributed by atoms with Crippen LogP contribution in [0.3, 0.4) is 0 Å². The van der Waals surface area contributed by atoms with E-state index in [1.807, 2.05) is 0 Å². The zero-order valence-corrected chi connectivity index (χ0v) is 7.66. The van der Waals surface area contributed by atoms with Crippen molar-refractivity contribution >= 4 is 21.5 Å². The molecule has 0 saturated heterocycles. The first kappa shape index (κ1) is 10.2. The van der Waals surface area contributed by atoms with E-state index in [1.165, 1.54) is 0 Å². The van der Waals surface area contributed by atoms with Crippen LogP contribution in [0.4, 0.5) is 0 Å². The van der Waals surface area contributed by atoms with Crippen LogP contribution >= 0.6 is 0 Å². The number of carbonyl (C=O) groups is 2. The number of carboxylic acids is 2. The van der Waals surface area contributed by atoms with Gasteiger partial charge in [0.05, 0.1) is 0 Å². The molecule has 0 rings (SSSR count). The van der Waals surface area contributed by atoms with Crippen molar-refractivity contribution in [2.45, 2.75) is 24.9 Å². The predicted octanol–water partition coefficient (Wildman–Crippen LogP) is -0.0588. The Morgan fingerprint density at radius 2 is 1.36 bits per heavy atom. The number of carboxylic acid groups (broad SMARTS) is 2. The van der Waals surface area contributed by atoms with Crippen molar-refractivity contribution in [1.29, 1.82) is 0 Å². The van der Waals surface area contributed by atoms with E-state index >= 15 is 0 Å². The SMILES string of the molecule is O=C(O)CC[SiH2]CCC(=O)O. The molecule has 0 fully saturated rings. The molecule has 0 saturated carbocycles. The van der Waals surface area contributed by atoms with Gasteiger partial charge < -0.3 is 10.2 Å². The highest BCUT2D eigenvalue weighted by Crippen LogP contribution is 1.95. The van der Waals surface area contributed by atoms with Gasteiger partial charge in [-0.15, -0.1) is 0 Å². The summed E-state index contributed by atoms with van der Waals surface area (Å²) in [5.41, 5.74) is 0. The monoisotopic (exact) mass is 176 g/mol. The van der Waals surface area contributed by atoms with Crippen LogP contribution < -0.4 is 0 Å². The maximum absolute atomic E-state index is 10.0. The molecule has 0 aliphatic rings. The average molecular weight is 176 g/mol. The van der Waals surface area contributed by atoms with Gasteiger partial charge in [0.15, 0.2) is 0 Å². The first-order chi connectivity index (χ1) is 5.13. The summed E-state index contributed by atoms with van der Waals surface area (Å²) >= 11 is 0. The quantitative estimate of drug-likeness (QED) is 0.439. The van der Waals surface area contributed by atoms with E-state index in [-0.39, 0.29) is 12.8 Å². The molecule has 0 aliphatic heterocycles. The van der Waals surface area contributed by atoms with E-state index in [1.54, 1.807) is 0 Å². The lowest BCUT2D eigenvalue weighted by Crippen LogP contribution is -2.01. The molecule has 0 aromatic carbocycles. The van der Waals surface area contributed by atoms with Gasteiger partial charge in [-0.1, -0.05) is 12.1 Å². The second kappa shape index (κ2) is 5.91. The smallest absolute Gasteiger partial charge is 0.303 e. The topological polar surface area (TPSA) is 74.6 Å². The summed E-state index contributed by atoms with van der Waals surface area (Å²) in [4.78, 5) is 20.0. The van der Waals surface area contributed by atoms with E-state index in [0.717, 1.165) is 0 Å². The predicted molar refractivity (Wildman–Crippen MR) is 42.7 cm³/mol. The largest absolute Gasteiger partial charge is 0.481 e. The van der Waals surface area contributed by atoms with Gasteiger partial charge in [-0.3, -0.25) is 9.59 Å². The maximum Gasteiger partial charge on any atom is 0.303 e. The van der Waals surface area contributed by atoms with Gasteiger partial charge in [-0.2, -0.15) is 0 Å². The zero-order chi connectivity index (χ0) is 8.69. The molecule has 0 spiro atoms. The summed E-state index contributed by atoms with van der Waals surface area (Å²) in [7, 11) is -0.436. The summed E-state index contributed by atoms with van der Waals surface area (Å²) in [5.74, 6) is -1.57. The minimum absolute atomic E-state index is 0.200. The summed E-state index contributed by atoms with van der Waals surface area (Å²) in [6.07, 6.45) is 0.400. The van der Waals surface area contributed by atoms with Crippen LogP contribution in [-0.2, 0) is 9.59 Å². The molecular formula is C6H12O4Si. The molecule has 4 nitrogen and oxygen atoms in total. The lowest BCUT2D eigenvalue weighted by Gasteiger charge is -1.93. The highest BCUT2D eigenvalue weighted by molar-refractivity contribution is 6.36. The Morgan fingerprint density at radius 3 is 1.64 bits per heavy atom. The van der Waals surface area contributed by atoms with Gasteiger partial charge >= 0.3 is 11.9 Å². The van der Waals surface area contributed by atoms with Gasteiger partial charge in [0.25, 0.3) is 0 Å². The van der Waals surface area contributed by atoms with Crippen molar-refractivity contribution in [3.05, 3.63) is 0 Å². The standard InChI is InChI=1S/C6H12O4Si/c7-5(8)1-3-11-4-2-6(9)10/h1-4,11H2,(H,7,8)(H,9,10). The first-order valence-electron chi connectivity index (χ1n) is 3.56. The molecule has 0 radical (unpaired) electrons. The Labute approximate surface area is 67.0 Å². The van der Waals surface area contributed by atoms with Crippen molar-refractivity contribution in [3.8, 4) is 0 Å². The number of hydrogen-bond donors (Lipinski definition) is 2. The summed E-state index contributed by atoms with van der Waals surface area (Å²) in [5, 5.41) is 16.5. The second-order valence-corrected chi connectivity index (χ2v) is 4.47. The Morgan fingerprint density at radius 1 is 1.00 bits per heavy atom. The first-order valence-corrected chi connectivity index (χ1v) is 5.56. The van der Waals surface area contributed by atoms with Crippen LogP contribution in [-0.4, -0.2) is 31.7 Å². The highest BCUT2D eigenvalue weighted by Gasteiger charge is 1.99. The van der Waals surface area contributed by atoms with Gasteiger partial charge in [0.1, 0.15) is 0 Å². The third kappa shape index (κ3) is 9.16. The fourth-order valence-electron chi connectivity index (χ4n) is 0.729. The van der Waals surface area contributed by atoms with Crippen LogP contribution in [0, 0.1) is 0 Å². The lowest BCUT2D eigenvalue weighted by atomic mass is 10.5. The van der Waals surface area contributed by atoms with E-state index in [4.69, 9.17) is 10.2 Å². The number of hydrogen-bond acceptors (Lipinski definition) is 2. The van der Waals surface area contributed by atoms with Crippen molar-refractivity contribution in [2.24, 2.45) is 0 Å². The normalized spacial score (nSPS) is 9.45. The lowest BCUT2D eigenvalue weighted by molar-refractivity contribution is -0.137. The molecule has 0 aliphatic carbocycles. The second-order valence-electron chi connectivity index (χ2n) is 2.35. The van der Waals surface area contributed by atoms with E-state index in [0.29, 0.717) is 12.1 Å². The van der Waals surface area contributed by atoms with E-state index in [9.17, 15) is 9.59 Å². The molecule has 0 bridgehead atoms. The molecular weight excluding hydrogens is 164 g/mol. The van der Waals surface area contributed by atoms with Gasteiger partial charge in [-0.05, 0) is 0 Å². The molecule has 0 atom stereocenters. The Bertz CT molecular complexity index is 130. The fourth-order valence-corrected chi connectivity index (χ4v) is 2.19. The van der Waals surface area contributed by atoms with Gasteiger partial charge in [0.2, 0.25) is 0 Å². The molecule has 0 aromatic heterocycles. The summed E-state index contributed by atoms with van der Waals surface area (Å²) in [6, 6.07) is 1.42. The Balaban J connectivity index is 3.03. The number of aliphatic carboxylic acids is 2. The van der Waals surface area contributed by atoms with Crippen LogP contribution in [0.1, 0.15) is 12.8 Å². The average Bonchev–Trinajstić information content (AvgIpc) is 1.85. The maximum atomic E-state index is 10.0. The summed E-state index contributed by atoms with van der Waals surface area (Å²) < 4.78 is 0. The van der Waals surface area contributed by atoms with Crippen LogP contribution in [0.15, 0.2) is 0 Å². The van der Waals surface area contributed by atoms with Crippen molar-refractivity contribution in [1.82, 2.24) is 0 Å². The molecule has 0 amide bonds. The van der Waals surface area contributed by atoms with Crippen molar-refractivity contribution < 1.29 is 19.8 Å². The molecule has 0 heterocycles. The van der Waals surface area contributed by atoms with Gasteiger partial charge in [-0.25, -0.2) is 0 Å². The van der Waals surface area contributed by atoms with Crippen molar-refractivity contribution in [2.75, 3.05) is 0 Å². The van der Waals surface area contributed by atoms with E-state index < -0.39 is 21.5 Å². The minimum Gasteiger partial charge on any atom is -0.481 e.